The van der Waals surface area contributed by atoms with E-state index in [9.17, 15) is 0 Å². The van der Waals surface area contributed by atoms with Gasteiger partial charge in [0.25, 0.3) is 0 Å². The Bertz CT molecular complexity index is 604. The summed E-state index contributed by atoms with van der Waals surface area (Å²) in [6.45, 7) is 8.90. The van der Waals surface area contributed by atoms with Gasteiger partial charge in [0.15, 0.2) is 0 Å². The quantitative estimate of drug-likeness (QED) is 0.783. The van der Waals surface area contributed by atoms with Crippen molar-refractivity contribution < 1.29 is 4.74 Å². The molecule has 2 fully saturated rings. The van der Waals surface area contributed by atoms with Crippen LogP contribution in [0.3, 0.4) is 0 Å². The van der Waals surface area contributed by atoms with Crippen LogP contribution in [-0.2, 0) is 17.6 Å². The van der Waals surface area contributed by atoms with Crippen molar-refractivity contribution in [3.05, 3.63) is 17.1 Å². The lowest BCUT2D eigenvalue weighted by Gasteiger charge is -2.43. The maximum atomic E-state index is 5.58. The van der Waals surface area contributed by atoms with E-state index in [4.69, 9.17) is 14.7 Å². The molecule has 3 aliphatic rings. The molecule has 2 aliphatic heterocycles. The summed E-state index contributed by atoms with van der Waals surface area (Å²) in [4.78, 5) is 12.1. The number of halogens is 2. The number of nitrogens with zero attached hydrogens (tertiary/aromatic N) is 3. The summed E-state index contributed by atoms with van der Waals surface area (Å²) < 4.78 is 5.58. The van der Waals surface area contributed by atoms with Crippen LogP contribution in [0.4, 0.5) is 5.82 Å². The monoisotopic (exact) mass is 417 g/mol. The third kappa shape index (κ3) is 5.04. The number of aryl methyl sites for hydroxylation is 1. The first-order valence-corrected chi connectivity index (χ1v) is 9.91. The summed E-state index contributed by atoms with van der Waals surface area (Å²) in [6, 6.07) is 0. The van der Waals surface area contributed by atoms with Crippen LogP contribution in [0.25, 0.3) is 0 Å². The van der Waals surface area contributed by atoms with E-state index < -0.39 is 0 Å². The van der Waals surface area contributed by atoms with Gasteiger partial charge in [-0.3, -0.25) is 4.90 Å². The first-order valence-electron chi connectivity index (χ1n) is 9.91. The van der Waals surface area contributed by atoms with Crippen LogP contribution < -0.4 is 10.6 Å². The van der Waals surface area contributed by atoms with Gasteiger partial charge in [-0.15, -0.1) is 24.8 Å². The van der Waals surface area contributed by atoms with Gasteiger partial charge >= 0.3 is 0 Å². The fraction of sp³-hybridized carbons (Fsp3) is 0.789. The average molecular weight is 418 g/mol. The Morgan fingerprint density at radius 3 is 2.52 bits per heavy atom. The smallest absolute Gasteiger partial charge is 0.133 e. The van der Waals surface area contributed by atoms with Gasteiger partial charge in [0, 0.05) is 43.7 Å². The van der Waals surface area contributed by atoms with Crippen molar-refractivity contribution in [1.82, 2.24) is 20.2 Å². The van der Waals surface area contributed by atoms with Crippen LogP contribution in [0, 0.1) is 6.92 Å². The van der Waals surface area contributed by atoms with Crippen molar-refractivity contribution in [2.24, 2.45) is 0 Å². The van der Waals surface area contributed by atoms with E-state index in [2.05, 4.69) is 15.5 Å². The zero-order chi connectivity index (χ0) is 17.1. The molecule has 2 N–H and O–H groups in total. The molecule has 27 heavy (non-hydrogen) atoms. The molecule has 0 radical (unpaired) electrons. The highest BCUT2D eigenvalue weighted by Crippen LogP contribution is 2.36. The van der Waals surface area contributed by atoms with Crippen molar-refractivity contribution in [2.75, 3.05) is 51.3 Å². The van der Waals surface area contributed by atoms with Crippen LogP contribution in [0.2, 0.25) is 0 Å². The first-order chi connectivity index (χ1) is 12.3. The summed E-state index contributed by atoms with van der Waals surface area (Å²) in [5.41, 5.74) is 2.83. The first kappa shape index (κ1) is 22.6. The second-order valence-corrected chi connectivity index (χ2v) is 7.68. The van der Waals surface area contributed by atoms with Crippen molar-refractivity contribution in [2.45, 2.75) is 51.0 Å². The second-order valence-electron chi connectivity index (χ2n) is 7.68. The summed E-state index contributed by atoms with van der Waals surface area (Å²) in [7, 11) is 0. The predicted octanol–water partition coefficient (Wildman–Crippen LogP) is 2.37. The standard InChI is InChI=1S/C19H31N5O.2ClH/c1-15-22-17-5-9-20-8-4-16(17)18(23-15)21-14-19(6-2-3-7-19)24-10-12-25-13-11-24;;/h20H,2-14H2,1H3,(H,21,22,23);2*1H. The van der Waals surface area contributed by atoms with E-state index in [0.29, 0.717) is 0 Å². The number of fused-ring (bicyclic) bond motifs is 1. The summed E-state index contributed by atoms with van der Waals surface area (Å²) in [5.74, 6) is 1.96. The molecular weight excluding hydrogens is 385 g/mol. The van der Waals surface area contributed by atoms with E-state index >= 15 is 0 Å². The Kier molecular flexibility index (Phi) is 8.56. The van der Waals surface area contributed by atoms with E-state index in [1.807, 2.05) is 6.92 Å². The zero-order valence-electron chi connectivity index (χ0n) is 16.3. The number of anilines is 1. The zero-order valence-corrected chi connectivity index (χ0v) is 17.9. The fourth-order valence-corrected chi connectivity index (χ4v) is 4.74. The Hall–Kier alpha value is -0.660. The number of morpholine rings is 1. The molecule has 154 valence electrons. The molecular formula is C19H33Cl2N5O. The Labute approximate surface area is 175 Å². The van der Waals surface area contributed by atoms with Gasteiger partial charge in [-0.05, 0) is 32.7 Å². The van der Waals surface area contributed by atoms with Crippen LogP contribution >= 0.6 is 24.8 Å². The maximum Gasteiger partial charge on any atom is 0.133 e. The molecule has 0 atom stereocenters. The number of nitrogens with one attached hydrogen (secondary N) is 2. The fourth-order valence-electron chi connectivity index (χ4n) is 4.74. The van der Waals surface area contributed by atoms with Crippen molar-refractivity contribution in [3.8, 4) is 0 Å². The molecule has 1 saturated heterocycles. The van der Waals surface area contributed by atoms with Gasteiger partial charge in [0.05, 0.1) is 18.9 Å². The highest BCUT2D eigenvalue weighted by Gasteiger charge is 2.40. The van der Waals surface area contributed by atoms with E-state index in [1.54, 1.807) is 0 Å². The second kappa shape index (κ2) is 10.2. The van der Waals surface area contributed by atoms with E-state index in [-0.39, 0.29) is 30.4 Å². The minimum absolute atomic E-state index is 0. The van der Waals surface area contributed by atoms with E-state index in [1.165, 1.54) is 36.9 Å². The van der Waals surface area contributed by atoms with Crippen molar-refractivity contribution >= 4 is 30.6 Å². The number of hydrogen-bond donors (Lipinski definition) is 2. The largest absolute Gasteiger partial charge is 0.379 e. The molecule has 1 saturated carbocycles. The van der Waals surface area contributed by atoms with Crippen LogP contribution in [0.5, 0.6) is 0 Å². The number of rotatable bonds is 4. The van der Waals surface area contributed by atoms with E-state index in [0.717, 1.165) is 70.4 Å². The van der Waals surface area contributed by atoms with Gasteiger partial charge in [0.1, 0.15) is 11.6 Å². The molecule has 0 spiro atoms. The third-order valence-electron chi connectivity index (χ3n) is 6.10. The normalized spacial score (nSPS) is 22.1. The van der Waals surface area contributed by atoms with Crippen molar-refractivity contribution in [3.63, 3.8) is 0 Å². The molecule has 1 aliphatic carbocycles. The lowest BCUT2D eigenvalue weighted by molar-refractivity contribution is -0.0160. The average Bonchev–Trinajstić information content (AvgIpc) is 3.00. The molecule has 0 aromatic carbocycles. The predicted molar refractivity (Wildman–Crippen MR) is 114 cm³/mol. The lowest BCUT2D eigenvalue weighted by atomic mass is 9.94. The van der Waals surface area contributed by atoms with Crippen LogP contribution in [0.1, 0.15) is 42.8 Å². The Morgan fingerprint density at radius 2 is 1.78 bits per heavy atom. The SMILES string of the molecule is Cc1nc2c(c(NCC3(N4CCOCC4)CCCC3)n1)CCNCC2.Cl.Cl. The topological polar surface area (TPSA) is 62.3 Å². The minimum Gasteiger partial charge on any atom is -0.379 e. The molecule has 1 aromatic rings. The molecule has 0 amide bonds. The van der Waals surface area contributed by atoms with Gasteiger partial charge in [0.2, 0.25) is 0 Å². The third-order valence-corrected chi connectivity index (χ3v) is 6.10. The van der Waals surface area contributed by atoms with Gasteiger partial charge < -0.3 is 15.4 Å². The molecule has 6 nitrogen and oxygen atoms in total. The Morgan fingerprint density at radius 1 is 1.07 bits per heavy atom. The summed E-state index contributed by atoms with van der Waals surface area (Å²) in [5, 5.41) is 7.24. The molecule has 4 rings (SSSR count). The number of ether oxygens (including phenoxy) is 1. The molecule has 0 unspecified atom stereocenters. The molecule has 1 aromatic heterocycles. The summed E-state index contributed by atoms with van der Waals surface area (Å²) >= 11 is 0. The molecule has 8 heteroatoms. The van der Waals surface area contributed by atoms with Gasteiger partial charge in [-0.2, -0.15) is 0 Å². The molecule has 0 bridgehead atoms. The van der Waals surface area contributed by atoms with Gasteiger partial charge in [-0.25, -0.2) is 9.97 Å². The highest BCUT2D eigenvalue weighted by molar-refractivity contribution is 5.85. The maximum absolute atomic E-state index is 5.58. The minimum atomic E-state index is 0. The molecule has 3 heterocycles. The summed E-state index contributed by atoms with van der Waals surface area (Å²) in [6.07, 6.45) is 7.26. The van der Waals surface area contributed by atoms with Crippen LogP contribution in [0.15, 0.2) is 0 Å². The number of hydrogen-bond acceptors (Lipinski definition) is 6. The van der Waals surface area contributed by atoms with Crippen molar-refractivity contribution in [1.29, 1.82) is 0 Å². The number of aromatic nitrogens is 2. The lowest BCUT2D eigenvalue weighted by Crippen LogP contribution is -2.55. The van der Waals surface area contributed by atoms with Gasteiger partial charge in [-0.1, -0.05) is 12.8 Å². The highest BCUT2D eigenvalue weighted by atomic mass is 35.5. The Balaban J connectivity index is 0.00000131. The van der Waals surface area contributed by atoms with Crippen LogP contribution in [-0.4, -0.2) is 66.3 Å².